The second-order valence-corrected chi connectivity index (χ2v) is 1.87. The van der Waals surface area contributed by atoms with Gasteiger partial charge in [0, 0.05) is 13.1 Å². The number of hydrogen-bond donors (Lipinski definition) is 1. The van der Waals surface area contributed by atoms with Crippen LogP contribution < -0.4 is 5.90 Å². The van der Waals surface area contributed by atoms with Crippen molar-refractivity contribution in [3.63, 3.8) is 0 Å². The van der Waals surface area contributed by atoms with Gasteiger partial charge in [0.15, 0.2) is 0 Å². The predicted octanol–water partition coefficient (Wildman–Crippen LogP) is 0.671. The van der Waals surface area contributed by atoms with Crippen molar-refractivity contribution in [2.45, 2.75) is 0 Å². The van der Waals surface area contributed by atoms with Crippen molar-refractivity contribution in [3.8, 4) is 0 Å². The van der Waals surface area contributed by atoms with E-state index in [2.05, 4.69) is 23.9 Å². The van der Waals surface area contributed by atoms with Gasteiger partial charge in [0.05, 0.1) is 0 Å². The molecular weight excluding hydrogens is 144 g/mol. The fourth-order valence-electron chi connectivity index (χ4n) is 0.610. The van der Waals surface area contributed by atoms with Crippen LogP contribution in [0.1, 0.15) is 0 Å². The number of nitrogens with two attached hydrogens (primary N) is 1. The van der Waals surface area contributed by atoms with Crippen LogP contribution in [0.4, 0.5) is 4.79 Å². The van der Waals surface area contributed by atoms with Crippen LogP contribution in [0.15, 0.2) is 25.3 Å². The van der Waals surface area contributed by atoms with Crippen molar-refractivity contribution in [3.05, 3.63) is 25.3 Å². The van der Waals surface area contributed by atoms with E-state index in [1.165, 1.54) is 4.90 Å². The number of carbonyl (C=O) groups is 1. The van der Waals surface area contributed by atoms with Gasteiger partial charge in [-0.3, -0.25) is 4.90 Å². The average Bonchev–Trinajstić information content (AvgIpc) is 2.03. The SMILES string of the molecule is C=CCN(CC=C)C(=O)ON. The quantitative estimate of drug-likeness (QED) is 0.480. The first-order valence-electron chi connectivity index (χ1n) is 3.13. The van der Waals surface area contributed by atoms with E-state index < -0.39 is 6.09 Å². The van der Waals surface area contributed by atoms with Crippen molar-refractivity contribution in [1.29, 1.82) is 0 Å². The molecule has 62 valence electrons. The fourth-order valence-corrected chi connectivity index (χ4v) is 0.610. The number of amides is 1. The van der Waals surface area contributed by atoms with E-state index in [-0.39, 0.29) is 0 Å². The van der Waals surface area contributed by atoms with Gasteiger partial charge in [0.1, 0.15) is 0 Å². The molecule has 0 rings (SSSR count). The first-order valence-corrected chi connectivity index (χ1v) is 3.13. The van der Waals surface area contributed by atoms with E-state index in [0.717, 1.165) is 0 Å². The summed E-state index contributed by atoms with van der Waals surface area (Å²) in [5, 5.41) is 0. The minimum Gasteiger partial charge on any atom is -0.357 e. The Bertz CT molecular complexity index is 147. The minimum absolute atomic E-state index is 0.405. The molecule has 1 amide bonds. The highest BCUT2D eigenvalue weighted by Gasteiger charge is 2.09. The molecule has 2 N–H and O–H groups in total. The van der Waals surface area contributed by atoms with Crippen molar-refractivity contribution >= 4 is 6.09 Å². The lowest BCUT2D eigenvalue weighted by atomic mass is 10.5. The van der Waals surface area contributed by atoms with E-state index in [4.69, 9.17) is 0 Å². The smallest absolute Gasteiger partial charge is 0.357 e. The van der Waals surface area contributed by atoms with Gasteiger partial charge in [0.2, 0.25) is 0 Å². The van der Waals surface area contributed by atoms with Gasteiger partial charge in [-0.2, -0.15) is 5.90 Å². The summed E-state index contributed by atoms with van der Waals surface area (Å²) in [7, 11) is 0. The van der Waals surface area contributed by atoms with Crippen LogP contribution in [0.3, 0.4) is 0 Å². The highest BCUT2D eigenvalue weighted by Crippen LogP contribution is 1.91. The van der Waals surface area contributed by atoms with E-state index in [9.17, 15) is 4.79 Å². The maximum absolute atomic E-state index is 10.8. The molecular formula is C7H12N2O2. The molecule has 0 aliphatic rings. The van der Waals surface area contributed by atoms with Gasteiger partial charge in [0.25, 0.3) is 0 Å². The summed E-state index contributed by atoms with van der Waals surface area (Å²) in [4.78, 5) is 16.1. The summed E-state index contributed by atoms with van der Waals surface area (Å²) in [5.74, 6) is 4.67. The predicted molar refractivity (Wildman–Crippen MR) is 42.6 cm³/mol. The molecule has 0 atom stereocenters. The lowest BCUT2D eigenvalue weighted by Gasteiger charge is -2.15. The summed E-state index contributed by atoms with van der Waals surface area (Å²) < 4.78 is 0. The van der Waals surface area contributed by atoms with Crippen molar-refractivity contribution in [2.24, 2.45) is 5.90 Å². The van der Waals surface area contributed by atoms with Crippen LogP contribution in [0.2, 0.25) is 0 Å². The van der Waals surface area contributed by atoms with Gasteiger partial charge in [-0.1, -0.05) is 12.2 Å². The lowest BCUT2D eigenvalue weighted by Crippen LogP contribution is -2.33. The number of nitrogens with zero attached hydrogens (tertiary/aromatic N) is 1. The number of hydrogen-bond acceptors (Lipinski definition) is 3. The average molecular weight is 156 g/mol. The largest absolute Gasteiger partial charge is 0.429 e. The molecule has 0 spiro atoms. The maximum atomic E-state index is 10.8. The maximum Gasteiger partial charge on any atom is 0.429 e. The molecule has 0 aromatic heterocycles. The fraction of sp³-hybridized carbons (Fsp3) is 0.286. The van der Waals surface area contributed by atoms with Gasteiger partial charge in [-0.25, -0.2) is 4.79 Å². The second kappa shape index (κ2) is 5.49. The topological polar surface area (TPSA) is 55.6 Å². The lowest BCUT2D eigenvalue weighted by molar-refractivity contribution is 0.111. The van der Waals surface area contributed by atoms with Crippen LogP contribution in [0.5, 0.6) is 0 Å². The van der Waals surface area contributed by atoms with Gasteiger partial charge < -0.3 is 4.84 Å². The molecule has 0 aromatic carbocycles. The van der Waals surface area contributed by atoms with E-state index in [1.54, 1.807) is 12.2 Å². The Labute approximate surface area is 65.9 Å². The van der Waals surface area contributed by atoms with Crippen molar-refractivity contribution < 1.29 is 9.63 Å². The zero-order chi connectivity index (χ0) is 8.69. The molecule has 0 bridgehead atoms. The van der Waals surface area contributed by atoms with Gasteiger partial charge >= 0.3 is 6.09 Å². The summed E-state index contributed by atoms with van der Waals surface area (Å²) in [5.41, 5.74) is 0. The molecule has 11 heavy (non-hydrogen) atoms. The third kappa shape index (κ3) is 3.42. The van der Waals surface area contributed by atoms with Crippen LogP contribution in [0.25, 0.3) is 0 Å². The zero-order valence-corrected chi connectivity index (χ0v) is 6.32. The number of carbonyl (C=O) groups excluding carboxylic acids is 1. The zero-order valence-electron chi connectivity index (χ0n) is 6.32. The Kier molecular flexibility index (Phi) is 4.85. The van der Waals surface area contributed by atoms with Gasteiger partial charge in [-0.05, 0) is 0 Å². The molecule has 0 saturated carbocycles. The highest BCUT2D eigenvalue weighted by molar-refractivity contribution is 5.67. The summed E-state index contributed by atoms with van der Waals surface area (Å²) >= 11 is 0. The normalized spacial score (nSPS) is 8.45. The molecule has 0 saturated heterocycles. The minimum atomic E-state index is -0.579. The highest BCUT2D eigenvalue weighted by atomic mass is 16.7. The molecule has 0 aliphatic carbocycles. The number of rotatable bonds is 4. The van der Waals surface area contributed by atoms with E-state index in [1.807, 2.05) is 0 Å². The van der Waals surface area contributed by atoms with Crippen LogP contribution in [-0.4, -0.2) is 24.1 Å². The molecule has 4 heteroatoms. The van der Waals surface area contributed by atoms with Crippen LogP contribution in [-0.2, 0) is 4.84 Å². The van der Waals surface area contributed by atoms with Crippen molar-refractivity contribution in [2.75, 3.05) is 13.1 Å². The Morgan fingerprint density at radius 3 is 2.18 bits per heavy atom. The van der Waals surface area contributed by atoms with E-state index >= 15 is 0 Å². The Morgan fingerprint density at radius 1 is 1.45 bits per heavy atom. The summed E-state index contributed by atoms with van der Waals surface area (Å²) in [6, 6.07) is 0. The molecule has 0 radical (unpaired) electrons. The van der Waals surface area contributed by atoms with Crippen LogP contribution in [0, 0.1) is 0 Å². The molecule has 0 heterocycles. The first-order chi connectivity index (χ1) is 5.26. The standard InChI is InChI=1S/C7H12N2O2/c1-3-5-9(6-4-2)7(10)11-8/h3-4H,1-2,5-6,8H2. The van der Waals surface area contributed by atoms with E-state index in [0.29, 0.717) is 13.1 Å². The Hall–Kier alpha value is -1.29. The molecule has 0 fully saturated rings. The van der Waals surface area contributed by atoms with Crippen LogP contribution >= 0.6 is 0 Å². The third-order valence-electron chi connectivity index (χ3n) is 1.06. The summed E-state index contributed by atoms with van der Waals surface area (Å²) in [6.45, 7) is 7.76. The first kappa shape index (κ1) is 9.71. The molecule has 4 nitrogen and oxygen atoms in total. The third-order valence-corrected chi connectivity index (χ3v) is 1.06. The summed E-state index contributed by atoms with van der Waals surface area (Å²) in [6.07, 6.45) is 2.59. The second-order valence-electron chi connectivity index (χ2n) is 1.87. The van der Waals surface area contributed by atoms with Crippen molar-refractivity contribution in [1.82, 2.24) is 4.90 Å². The Balaban J connectivity index is 3.95. The molecule has 0 aliphatic heterocycles. The van der Waals surface area contributed by atoms with Gasteiger partial charge in [-0.15, -0.1) is 13.2 Å². The Morgan fingerprint density at radius 2 is 1.91 bits per heavy atom. The molecule has 0 aromatic rings. The molecule has 0 unspecified atom stereocenters. The monoisotopic (exact) mass is 156 g/mol.